The van der Waals surface area contributed by atoms with Gasteiger partial charge in [-0.1, -0.05) is 30.2 Å². The molecule has 0 saturated heterocycles. The molecule has 1 aromatic carbocycles. The second-order valence-electron chi connectivity index (χ2n) is 8.25. The minimum atomic E-state index is 0.301. The van der Waals surface area contributed by atoms with Crippen molar-refractivity contribution in [2.75, 3.05) is 24.3 Å². The first kappa shape index (κ1) is 19.5. The molecule has 4 rings (SSSR count). The molecule has 0 fully saturated rings. The average molecular weight is 391 g/mol. The van der Waals surface area contributed by atoms with Gasteiger partial charge < -0.3 is 9.88 Å². The molecule has 0 amide bonds. The monoisotopic (exact) mass is 390 g/mol. The number of aromatic amines is 1. The van der Waals surface area contributed by atoms with E-state index in [9.17, 15) is 0 Å². The molecule has 1 atom stereocenters. The van der Waals surface area contributed by atoms with Gasteiger partial charge in [0.05, 0.1) is 17.4 Å². The Kier molecular flexibility index (Phi) is 5.07. The highest BCUT2D eigenvalue weighted by molar-refractivity contribution is 6.05. The maximum absolute atomic E-state index is 6.13. The molecule has 152 valence electrons. The number of aryl methyl sites for hydroxylation is 2. The van der Waals surface area contributed by atoms with Crippen molar-refractivity contribution in [3.05, 3.63) is 58.5 Å². The molecule has 1 aliphatic heterocycles. The lowest BCUT2D eigenvalue weighted by atomic mass is 9.92. The zero-order chi connectivity index (χ0) is 20.7. The van der Waals surface area contributed by atoms with E-state index in [1.165, 1.54) is 33.4 Å². The topological polar surface area (TPSA) is 61.3 Å². The maximum atomic E-state index is 6.13. The minimum Gasteiger partial charge on any atom is -0.367 e. The molecular formula is C24H32N5+. The van der Waals surface area contributed by atoms with Gasteiger partial charge in [0.15, 0.2) is 0 Å². The van der Waals surface area contributed by atoms with Gasteiger partial charge in [-0.2, -0.15) is 0 Å². The Labute approximate surface area is 173 Å². The van der Waals surface area contributed by atoms with Crippen molar-refractivity contribution in [2.45, 2.75) is 53.0 Å². The summed E-state index contributed by atoms with van der Waals surface area (Å²) in [6.07, 6.45) is 3.22. The van der Waals surface area contributed by atoms with Crippen LogP contribution in [0.4, 0.5) is 5.69 Å². The summed E-state index contributed by atoms with van der Waals surface area (Å²) < 4.78 is 1.75. The third kappa shape index (κ3) is 3.28. The number of hydrogen-bond donors (Lipinski definition) is 2. The molecule has 0 aliphatic carbocycles. The normalized spacial score (nSPS) is 14.6. The molecule has 3 N–H and O–H groups in total. The van der Waals surface area contributed by atoms with Gasteiger partial charge in [-0.3, -0.25) is 4.99 Å². The van der Waals surface area contributed by atoms with Crippen LogP contribution in [0, 0.1) is 13.8 Å². The van der Waals surface area contributed by atoms with Crippen molar-refractivity contribution >= 4 is 22.3 Å². The number of H-pyrrole nitrogens is 1. The Balaban J connectivity index is 1.86. The molecule has 5 nitrogen and oxygen atoms in total. The SMILES string of the molecule is CCCC(c1cccc2[nH]c3c(c12)CCN=C3C)N(C)c1cc(C)[n+](N)c(C)c1. The Morgan fingerprint density at radius 2 is 1.93 bits per heavy atom. The molecule has 29 heavy (non-hydrogen) atoms. The van der Waals surface area contributed by atoms with Gasteiger partial charge in [-0.25, -0.2) is 5.84 Å². The van der Waals surface area contributed by atoms with E-state index < -0.39 is 0 Å². The van der Waals surface area contributed by atoms with Crippen molar-refractivity contribution < 1.29 is 4.68 Å². The first-order valence-electron chi connectivity index (χ1n) is 10.6. The molecule has 1 aliphatic rings. The molecule has 0 spiro atoms. The fourth-order valence-corrected chi connectivity index (χ4v) is 4.70. The molecule has 5 heteroatoms. The van der Waals surface area contributed by atoms with Crippen LogP contribution in [0.25, 0.3) is 10.9 Å². The highest BCUT2D eigenvalue weighted by Gasteiger charge is 2.25. The van der Waals surface area contributed by atoms with Crippen LogP contribution < -0.4 is 15.4 Å². The van der Waals surface area contributed by atoms with Crippen LogP contribution in [-0.2, 0) is 6.42 Å². The fraction of sp³-hybridized carbons (Fsp3) is 0.417. The number of fused-ring (bicyclic) bond motifs is 3. The van der Waals surface area contributed by atoms with E-state index in [4.69, 9.17) is 5.84 Å². The number of nitrogens with one attached hydrogen (secondary N) is 1. The largest absolute Gasteiger partial charge is 0.367 e. The minimum absolute atomic E-state index is 0.301. The van der Waals surface area contributed by atoms with Crippen LogP contribution in [0.3, 0.4) is 0 Å². The van der Waals surface area contributed by atoms with Crippen molar-refractivity contribution in [1.29, 1.82) is 0 Å². The van der Waals surface area contributed by atoms with E-state index in [0.29, 0.717) is 6.04 Å². The highest BCUT2D eigenvalue weighted by Crippen LogP contribution is 2.37. The van der Waals surface area contributed by atoms with E-state index in [2.05, 4.69) is 80.0 Å². The number of benzene rings is 1. The first-order valence-corrected chi connectivity index (χ1v) is 10.6. The van der Waals surface area contributed by atoms with Crippen LogP contribution in [0.2, 0.25) is 0 Å². The Morgan fingerprint density at radius 1 is 1.21 bits per heavy atom. The summed E-state index contributed by atoms with van der Waals surface area (Å²) >= 11 is 0. The zero-order valence-electron chi connectivity index (χ0n) is 18.2. The summed E-state index contributed by atoms with van der Waals surface area (Å²) in [5.74, 6) is 6.13. The first-order chi connectivity index (χ1) is 13.9. The van der Waals surface area contributed by atoms with Crippen LogP contribution in [0.1, 0.15) is 60.9 Å². The van der Waals surface area contributed by atoms with E-state index in [1.807, 2.05) is 0 Å². The van der Waals surface area contributed by atoms with E-state index >= 15 is 0 Å². The van der Waals surface area contributed by atoms with Gasteiger partial charge in [0.1, 0.15) is 0 Å². The molecule has 1 unspecified atom stereocenters. The quantitative estimate of drug-likeness (QED) is 0.508. The lowest BCUT2D eigenvalue weighted by molar-refractivity contribution is -0.651. The molecule has 3 aromatic rings. The number of anilines is 1. The summed E-state index contributed by atoms with van der Waals surface area (Å²) in [6.45, 7) is 9.37. The Bertz CT molecular complexity index is 1070. The van der Waals surface area contributed by atoms with Crippen molar-refractivity contribution in [2.24, 2.45) is 4.99 Å². The third-order valence-electron chi connectivity index (χ3n) is 6.30. The van der Waals surface area contributed by atoms with E-state index in [-0.39, 0.29) is 0 Å². The lowest BCUT2D eigenvalue weighted by Gasteiger charge is -2.31. The second-order valence-corrected chi connectivity index (χ2v) is 8.25. The zero-order valence-corrected chi connectivity index (χ0v) is 18.2. The molecule has 0 bridgehead atoms. The number of pyridine rings is 1. The fourth-order valence-electron chi connectivity index (χ4n) is 4.70. The van der Waals surface area contributed by atoms with Gasteiger partial charge in [0, 0.05) is 56.2 Å². The maximum Gasteiger partial charge on any atom is 0.210 e. The summed E-state index contributed by atoms with van der Waals surface area (Å²) in [5.41, 5.74) is 9.72. The predicted octanol–water partition coefficient (Wildman–Crippen LogP) is 4.13. The predicted molar refractivity (Wildman–Crippen MR) is 121 cm³/mol. The smallest absolute Gasteiger partial charge is 0.210 e. The molecule has 2 aromatic heterocycles. The number of nitrogen functional groups attached to an aromatic ring is 1. The van der Waals surface area contributed by atoms with Gasteiger partial charge in [0.2, 0.25) is 11.4 Å². The van der Waals surface area contributed by atoms with E-state index in [1.54, 1.807) is 4.68 Å². The van der Waals surface area contributed by atoms with Crippen molar-refractivity contribution in [3.8, 4) is 0 Å². The highest BCUT2D eigenvalue weighted by atomic mass is 15.3. The van der Waals surface area contributed by atoms with E-state index in [0.717, 1.165) is 42.9 Å². The Hall–Kier alpha value is -2.82. The number of hydrogen-bond acceptors (Lipinski definition) is 3. The molecule has 0 saturated carbocycles. The summed E-state index contributed by atoms with van der Waals surface area (Å²) in [5, 5.41) is 1.39. The van der Waals surface area contributed by atoms with Gasteiger partial charge in [0.25, 0.3) is 0 Å². The van der Waals surface area contributed by atoms with Crippen molar-refractivity contribution in [1.82, 2.24) is 4.98 Å². The third-order valence-corrected chi connectivity index (χ3v) is 6.30. The number of aromatic nitrogens is 2. The Morgan fingerprint density at radius 3 is 2.62 bits per heavy atom. The number of nitrogens with zero attached hydrogens (tertiary/aromatic N) is 3. The molecular weight excluding hydrogens is 358 g/mol. The van der Waals surface area contributed by atoms with Gasteiger partial charge >= 0.3 is 0 Å². The van der Waals surface area contributed by atoms with Crippen LogP contribution in [-0.4, -0.2) is 24.3 Å². The number of rotatable bonds is 5. The van der Waals surface area contributed by atoms with Crippen molar-refractivity contribution in [3.63, 3.8) is 0 Å². The van der Waals surface area contributed by atoms with Crippen LogP contribution in [0.5, 0.6) is 0 Å². The summed E-state index contributed by atoms with van der Waals surface area (Å²) in [7, 11) is 2.21. The summed E-state index contributed by atoms with van der Waals surface area (Å²) in [4.78, 5) is 10.7. The number of nitrogens with two attached hydrogens (primary N) is 1. The lowest BCUT2D eigenvalue weighted by Crippen LogP contribution is -2.50. The van der Waals surface area contributed by atoms with Crippen LogP contribution >= 0.6 is 0 Å². The van der Waals surface area contributed by atoms with Crippen LogP contribution in [0.15, 0.2) is 35.3 Å². The molecule has 3 heterocycles. The number of aliphatic imine (C=N–C) groups is 1. The standard InChI is InChI=1S/C24H32N5/c1-6-8-22(28(5)18-13-15(2)29(25)16(3)14-18)19-9-7-10-21-23(19)20-11-12-26-17(4)24(20)27-21/h7,9-10,13-14,22,27H,6,8,11-12,25H2,1-5H3/q+1. The second kappa shape index (κ2) is 7.54. The summed E-state index contributed by atoms with van der Waals surface area (Å²) in [6, 6.07) is 11.3. The van der Waals surface area contributed by atoms with Gasteiger partial charge in [-0.05, 0) is 37.0 Å². The average Bonchev–Trinajstić information content (AvgIpc) is 3.10. The van der Waals surface area contributed by atoms with Gasteiger partial charge in [-0.15, -0.1) is 0 Å². The molecule has 0 radical (unpaired) electrons.